The van der Waals surface area contributed by atoms with E-state index in [0.29, 0.717) is 13.0 Å². The Bertz CT molecular complexity index is 767. The fourth-order valence-corrected chi connectivity index (χ4v) is 2.67. The van der Waals surface area contributed by atoms with Gasteiger partial charge < -0.3 is 20.5 Å². The maximum absolute atomic E-state index is 11.6. The topological polar surface area (TPSA) is 87.7 Å². The lowest BCUT2D eigenvalue weighted by Crippen LogP contribution is -2.43. The number of carbonyl (C=O) groups excluding carboxylic acids is 1. The van der Waals surface area contributed by atoms with E-state index in [1.54, 1.807) is 20.8 Å². The first-order valence-electron chi connectivity index (χ1n) is 9.32. The molecule has 0 saturated carbocycles. The van der Waals surface area contributed by atoms with Gasteiger partial charge in [-0.1, -0.05) is 54.6 Å². The van der Waals surface area contributed by atoms with Crippen molar-refractivity contribution >= 4 is 12.1 Å². The van der Waals surface area contributed by atoms with E-state index in [0.717, 1.165) is 16.7 Å². The second-order valence-electron chi connectivity index (χ2n) is 7.54. The number of nitrogens with one attached hydrogen (secondary N) is 2. The highest BCUT2D eigenvalue weighted by Crippen LogP contribution is 2.19. The highest BCUT2D eigenvalue weighted by molar-refractivity contribution is 5.74. The van der Waals surface area contributed by atoms with Crippen molar-refractivity contribution in [2.75, 3.05) is 13.1 Å². The Balaban J connectivity index is 1.84. The Labute approximate surface area is 165 Å². The molecule has 0 aliphatic heterocycles. The largest absolute Gasteiger partial charge is 0.480 e. The summed E-state index contributed by atoms with van der Waals surface area (Å²) in [5.41, 5.74) is 2.58. The quantitative estimate of drug-likeness (QED) is 0.607. The summed E-state index contributed by atoms with van der Waals surface area (Å²) in [5.74, 6) is -0.926. The van der Waals surface area contributed by atoms with Gasteiger partial charge in [0.05, 0.1) is 0 Å². The highest BCUT2D eigenvalue weighted by atomic mass is 16.6. The predicted octanol–water partition coefficient (Wildman–Crippen LogP) is 3.46. The Morgan fingerprint density at radius 1 is 0.964 bits per heavy atom. The molecule has 1 unspecified atom stereocenters. The molecule has 1 atom stereocenters. The van der Waals surface area contributed by atoms with Crippen molar-refractivity contribution in [2.24, 2.45) is 0 Å². The van der Waals surface area contributed by atoms with Gasteiger partial charge in [0, 0.05) is 13.1 Å². The molecule has 0 radical (unpaired) electrons. The lowest BCUT2D eigenvalue weighted by atomic mass is 10.0. The van der Waals surface area contributed by atoms with Crippen molar-refractivity contribution in [1.82, 2.24) is 10.6 Å². The molecule has 2 aromatic rings. The average molecular weight is 384 g/mol. The van der Waals surface area contributed by atoms with Crippen LogP contribution in [0, 0.1) is 0 Å². The molecule has 0 bridgehead atoms. The van der Waals surface area contributed by atoms with E-state index in [9.17, 15) is 14.7 Å². The molecule has 6 nitrogen and oxygen atoms in total. The maximum Gasteiger partial charge on any atom is 0.407 e. The van der Waals surface area contributed by atoms with Crippen molar-refractivity contribution in [3.63, 3.8) is 0 Å². The van der Waals surface area contributed by atoms with E-state index in [-0.39, 0.29) is 6.54 Å². The van der Waals surface area contributed by atoms with Crippen LogP contribution in [0.4, 0.5) is 4.79 Å². The van der Waals surface area contributed by atoms with E-state index >= 15 is 0 Å². The average Bonchev–Trinajstić information content (AvgIpc) is 2.64. The molecule has 0 saturated heterocycles. The molecule has 150 valence electrons. The molecule has 0 aromatic heterocycles. The summed E-state index contributed by atoms with van der Waals surface area (Å²) in [4.78, 5) is 23.1. The maximum atomic E-state index is 11.6. The number of benzene rings is 2. The molecule has 28 heavy (non-hydrogen) atoms. The zero-order valence-corrected chi connectivity index (χ0v) is 16.6. The number of aliphatic carboxylic acids is 1. The van der Waals surface area contributed by atoms with Crippen LogP contribution in [-0.2, 0) is 16.0 Å². The third-order valence-electron chi connectivity index (χ3n) is 3.98. The van der Waals surface area contributed by atoms with Crippen LogP contribution in [0.15, 0.2) is 54.6 Å². The van der Waals surface area contributed by atoms with Crippen LogP contribution in [-0.4, -0.2) is 41.9 Å². The Kier molecular flexibility index (Phi) is 7.58. The highest BCUT2D eigenvalue weighted by Gasteiger charge is 2.18. The molecular formula is C22H28N2O4. The van der Waals surface area contributed by atoms with Crippen molar-refractivity contribution in [2.45, 2.75) is 38.8 Å². The number of carboxylic acids is 1. The monoisotopic (exact) mass is 384 g/mol. The minimum absolute atomic E-state index is 0.283. The van der Waals surface area contributed by atoms with Gasteiger partial charge in [0.2, 0.25) is 0 Å². The van der Waals surface area contributed by atoms with Gasteiger partial charge >= 0.3 is 12.1 Å². The fourth-order valence-electron chi connectivity index (χ4n) is 2.67. The standard InChI is InChI=1S/C22H28N2O4/c1-22(2,3)28-21(27)24-14-13-23-19(20(25)26)15-16-9-11-18(12-10-16)17-7-5-4-6-8-17/h4-12,19,23H,13-15H2,1-3H3,(H,24,27)(H,25,26). The smallest absolute Gasteiger partial charge is 0.407 e. The van der Waals surface area contributed by atoms with E-state index in [4.69, 9.17) is 4.74 Å². The molecule has 0 heterocycles. The lowest BCUT2D eigenvalue weighted by molar-refractivity contribution is -0.139. The summed E-state index contributed by atoms with van der Waals surface area (Å²) in [6.07, 6.45) is -0.158. The third-order valence-corrected chi connectivity index (χ3v) is 3.98. The number of carboxylic acid groups (broad SMARTS) is 1. The third kappa shape index (κ3) is 7.40. The summed E-state index contributed by atoms with van der Waals surface area (Å²) in [7, 11) is 0. The number of alkyl carbamates (subject to hydrolysis) is 1. The van der Waals surface area contributed by atoms with Gasteiger partial charge in [0.25, 0.3) is 0 Å². The predicted molar refractivity (Wildman–Crippen MR) is 109 cm³/mol. The summed E-state index contributed by atoms with van der Waals surface area (Å²) in [6.45, 7) is 5.97. The number of carbonyl (C=O) groups is 2. The van der Waals surface area contributed by atoms with Crippen LogP contribution in [0.1, 0.15) is 26.3 Å². The number of ether oxygens (including phenoxy) is 1. The molecule has 2 rings (SSSR count). The summed E-state index contributed by atoms with van der Waals surface area (Å²) >= 11 is 0. The second-order valence-corrected chi connectivity index (χ2v) is 7.54. The Morgan fingerprint density at radius 2 is 1.57 bits per heavy atom. The van der Waals surface area contributed by atoms with Gasteiger partial charge in [-0.15, -0.1) is 0 Å². The van der Waals surface area contributed by atoms with Crippen LogP contribution < -0.4 is 10.6 Å². The SMILES string of the molecule is CC(C)(C)OC(=O)NCCNC(Cc1ccc(-c2ccccc2)cc1)C(=O)O. The summed E-state index contributed by atoms with van der Waals surface area (Å²) in [6, 6.07) is 17.2. The van der Waals surface area contributed by atoms with Crippen LogP contribution in [0.2, 0.25) is 0 Å². The summed E-state index contributed by atoms with van der Waals surface area (Å²) in [5, 5.41) is 15.0. The van der Waals surface area contributed by atoms with Gasteiger partial charge in [0.1, 0.15) is 11.6 Å². The minimum Gasteiger partial charge on any atom is -0.480 e. The number of hydrogen-bond acceptors (Lipinski definition) is 4. The molecule has 0 fully saturated rings. The Hall–Kier alpha value is -2.86. The van der Waals surface area contributed by atoms with Gasteiger partial charge in [-0.25, -0.2) is 4.79 Å². The molecule has 6 heteroatoms. The fraction of sp³-hybridized carbons (Fsp3) is 0.364. The first-order chi connectivity index (χ1) is 13.2. The molecule has 0 aliphatic carbocycles. The first kappa shape index (κ1) is 21.4. The van der Waals surface area contributed by atoms with E-state index in [1.807, 2.05) is 54.6 Å². The minimum atomic E-state index is -0.926. The first-order valence-corrected chi connectivity index (χ1v) is 9.32. The van der Waals surface area contributed by atoms with Crippen molar-refractivity contribution in [1.29, 1.82) is 0 Å². The molecule has 0 spiro atoms. The van der Waals surface area contributed by atoms with Crippen molar-refractivity contribution in [3.8, 4) is 11.1 Å². The lowest BCUT2D eigenvalue weighted by Gasteiger charge is -2.20. The zero-order valence-electron chi connectivity index (χ0n) is 16.6. The molecule has 2 aromatic carbocycles. The zero-order chi connectivity index (χ0) is 20.6. The van der Waals surface area contributed by atoms with Crippen LogP contribution >= 0.6 is 0 Å². The number of amides is 1. The van der Waals surface area contributed by atoms with Gasteiger partial charge in [0.15, 0.2) is 0 Å². The molecule has 0 aliphatic rings. The van der Waals surface area contributed by atoms with Crippen LogP contribution in [0.3, 0.4) is 0 Å². The van der Waals surface area contributed by atoms with Gasteiger partial charge in [-0.2, -0.15) is 0 Å². The molecule has 1 amide bonds. The number of hydrogen-bond donors (Lipinski definition) is 3. The normalized spacial score (nSPS) is 12.2. The van der Waals surface area contributed by atoms with Crippen LogP contribution in [0.25, 0.3) is 11.1 Å². The Morgan fingerprint density at radius 3 is 2.14 bits per heavy atom. The number of rotatable bonds is 8. The van der Waals surface area contributed by atoms with Crippen molar-refractivity contribution < 1.29 is 19.4 Å². The van der Waals surface area contributed by atoms with E-state index in [2.05, 4.69) is 10.6 Å². The molecular weight excluding hydrogens is 356 g/mol. The van der Waals surface area contributed by atoms with Crippen molar-refractivity contribution in [3.05, 3.63) is 60.2 Å². The van der Waals surface area contributed by atoms with Gasteiger partial charge in [-0.05, 0) is 43.9 Å². The summed E-state index contributed by atoms with van der Waals surface area (Å²) < 4.78 is 5.14. The van der Waals surface area contributed by atoms with Gasteiger partial charge in [-0.3, -0.25) is 4.79 Å². The van der Waals surface area contributed by atoms with E-state index < -0.39 is 23.7 Å². The second kappa shape index (κ2) is 9.90. The molecule has 3 N–H and O–H groups in total. The van der Waals surface area contributed by atoms with E-state index in [1.165, 1.54) is 0 Å². The van der Waals surface area contributed by atoms with Crippen LogP contribution in [0.5, 0.6) is 0 Å².